The van der Waals surface area contributed by atoms with E-state index in [1.54, 1.807) is 27.5 Å². The number of carbonyl (C=O) groups excluding carboxylic acids is 1. The van der Waals surface area contributed by atoms with Gasteiger partial charge in [0.15, 0.2) is 6.29 Å². The number of aldehydes is 1. The second-order valence-corrected chi connectivity index (χ2v) is 26.0. The third-order valence-corrected chi connectivity index (χ3v) is 23.4. The SMILES string of the molecule is C#C[C@@H](C)[C@@H](O)[C@H]1O[C@@H]1[C@H](C)[C@H](CC)OC.CC=C=[CH][Sn]([CH2]CCC)([CH2]CCC)[CH2]CCC.CC[C@H](OC)[C@@H](C)[C@H]1O[C@@H]1C=O. The van der Waals surface area contributed by atoms with Crippen molar-refractivity contribution < 1.29 is 28.8 Å². The van der Waals surface area contributed by atoms with Crippen LogP contribution < -0.4 is 0 Å². The minimum Gasteiger partial charge on any atom is -0.381 e. The van der Waals surface area contributed by atoms with Crippen LogP contribution in [0.15, 0.2) is 15.9 Å². The van der Waals surface area contributed by atoms with Gasteiger partial charge in [0.25, 0.3) is 0 Å². The minimum absolute atomic E-state index is 0.0794. The number of carbonyl (C=O) groups is 1. The maximum Gasteiger partial charge on any atom is 0.151 e. The van der Waals surface area contributed by atoms with Crippen LogP contribution in [-0.2, 0) is 23.7 Å². The molecule has 6 nitrogen and oxygen atoms in total. The van der Waals surface area contributed by atoms with Crippen LogP contribution in [0, 0.1) is 30.1 Å². The Kier molecular flexibility index (Phi) is 25.0. The van der Waals surface area contributed by atoms with E-state index in [4.69, 9.17) is 25.4 Å². The van der Waals surface area contributed by atoms with Gasteiger partial charge in [-0.1, -0.05) is 27.7 Å². The fraction of sp³-hybridized carbons (Fsp3) is 0.842. The zero-order valence-corrected chi connectivity index (χ0v) is 33.7. The molecule has 0 unspecified atom stereocenters. The van der Waals surface area contributed by atoms with Crippen LogP contribution in [0.5, 0.6) is 0 Å². The second-order valence-electron chi connectivity index (χ2n) is 13.1. The van der Waals surface area contributed by atoms with E-state index in [-0.39, 0.29) is 42.5 Å². The fourth-order valence-corrected chi connectivity index (χ4v) is 20.2. The van der Waals surface area contributed by atoms with E-state index >= 15 is 0 Å². The number of hydrogen-bond donors (Lipinski definition) is 1. The molecule has 262 valence electrons. The predicted octanol–water partition coefficient (Wildman–Crippen LogP) is 8.56. The molecule has 0 aromatic heterocycles. The predicted molar refractivity (Wildman–Crippen MR) is 191 cm³/mol. The first-order chi connectivity index (χ1) is 21.5. The standard InChI is InChI=1S/C13H22O3.C9H16O3.3C4H9.C4H5.Sn/c1-6-8(3)11(14)13-12(16-13)9(4)10(7-2)15-5;1-4-7(11-3)6(2)9-8(5-10)12-9;4*1-3-4-2;/h1,8-14H,7H2,2-5H3;5-9H,4H2,1-3H3;3*1,3-4H2,2H3;1,4H,2H3;/t8-,9-,10+,11-,12-,13-;6-,7+,8-,9-;;;;;/m11...../s1. The van der Waals surface area contributed by atoms with Gasteiger partial charge in [-0.2, -0.15) is 0 Å². The van der Waals surface area contributed by atoms with Gasteiger partial charge in [-0.15, -0.1) is 12.3 Å². The Labute approximate surface area is 282 Å². The first kappa shape index (κ1) is 44.3. The zero-order valence-electron chi connectivity index (χ0n) is 30.8. The van der Waals surface area contributed by atoms with Crippen molar-refractivity contribution >= 4 is 24.7 Å². The van der Waals surface area contributed by atoms with Crippen LogP contribution in [0.1, 0.15) is 114 Å². The molecule has 0 bridgehead atoms. The van der Waals surface area contributed by atoms with E-state index in [0.29, 0.717) is 11.8 Å². The summed E-state index contributed by atoms with van der Waals surface area (Å²) in [5, 5.41) is 9.90. The molecule has 10 atom stereocenters. The third kappa shape index (κ3) is 16.3. The zero-order chi connectivity index (χ0) is 34.4. The largest absolute Gasteiger partial charge is 0.381 e. The van der Waals surface area contributed by atoms with Crippen molar-refractivity contribution in [2.24, 2.45) is 17.8 Å². The quantitative estimate of drug-likeness (QED) is 0.0418. The molecule has 2 aliphatic rings. The van der Waals surface area contributed by atoms with E-state index in [1.807, 2.05) is 6.92 Å². The third-order valence-electron chi connectivity index (χ3n) is 9.63. The van der Waals surface area contributed by atoms with Crippen molar-refractivity contribution in [2.45, 2.75) is 170 Å². The van der Waals surface area contributed by atoms with Gasteiger partial charge in [-0.25, -0.2) is 0 Å². The Morgan fingerprint density at radius 2 is 1.29 bits per heavy atom. The van der Waals surface area contributed by atoms with Crippen molar-refractivity contribution in [3.05, 3.63) is 15.9 Å². The number of unbranched alkanes of at least 4 members (excludes halogenated alkanes) is 3. The molecule has 0 aromatic rings. The van der Waals surface area contributed by atoms with Crippen LogP contribution >= 0.6 is 0 Å². The van der Waals surface area contributed by atoms with E-state index in [9.17, 15) is 9.90 Å². The summed E-state index contributed by atoms with van der Waals surface area (Å²) in [4.78, 5) is 10.3. The average molecular weight is 742 g/mol. The fourth-order valence-electron chi connectivity index (χ4n) is 6.25. The Morgan fingerprint density at radius 3 is 1.62 bits per heavy atom. The van der Waals surface area contributed by atoms with Gasteiger partial charge in [0.1, 0.15) is 12.2 Å². The molecule has 0 amide bonds. The molecule has 7 heteroatoms. The number of methoxy groups -OCH3 is 2. The smallest absolute Gasteiger partial charge is 0.151 e. The number of ether oxygens (including phenoxy) is 4. The molecule has 1 N–H and O–H groups in total. The van der Waals surface area contributed by atoms with Crippen molar-refractivity contribution in [3.8, 4) is 12.3 Å². The Balaban J connectivity index is 0.000000654. The van der Waals surface area contributed by atoms with Gasteiger partial charge in [-0.05, 0) is 19.8 Å². The molecule has 0 radical (unpaired) electrons. The number of allylic oxidation sites excluding steroid dienone is 1. The summed E-state index contributed by atoms with van der Waals surface area (Å²) in [6.45, 7) is 19.2. The summed E-state index contributed by atoms with van der Waals surface area (Å²) in [6.07, 6.45) is 18.3. The second kappa shape index (κ2) is 25.4. The van der Waals surface area contributed by atoms with Gasteiger partial charge >= 0.3 is 114 Å². The summed E-state index contributed by atoms with van der Waals surface area (Å²) in [6, 6.07) is 0. The Morgan fingerprint density at radius 1 is 0.822 bits per heavy atom. The number of aliphatic hydroxyl groups is 1. The normalized spacial score (nSPS) is 24.0. The molecule has 0 aromatic carbocycles. The van der Waals surface area contributed by atoms with Crippen molar-refractivity contribution in [1.29, 1.82) is 0 Å². The summed E-state index contributed by atoms with van der Waals surface area (Å²) in [7, 11) is 3.41. The Bertz CT molecular complexity index is 835. The number of terminal acetylenes is 1. The van der Waals surface area contributed by atoms with E-state index in [1.165, 1.54) is 38.5 Å². The molecular formula is C38H70O6Sn. The molecule has 2 aliphatic heterocycles. The molecule has 0 aliphatic carbocycles. The number of rotatable bonds is 21. The maximum absolute atomic E-state index is 10.3. The van der Waals surface area contributed by atoms with Crippen LogP contribution in [-0.4, -0.2) is 86.7 Å². The number of epoxide rings is 2. The molecular weight excluding hydrogens is 671 g/mol. The van der Waals surface area contributed by atoms with Crippen LogP contribution in [0.2, 0.25) is 13.3 Å². The summed E-state index contributed by atoms with van der Waals surface area (Å²) < 4.78 is 28.6. The van der Waals surface area contributed by atoms with E-state index in [0.717, 1.165) is 19.1 Å². The molecule has 2 rings (SSSR count). The first-order valence-corrected chi connectivity index (χ1v) is 25.6. The molecule has 0 saturated carbocycles. The van der Waals surface area contributed by atoms with Crippen molar-refractivity contribution in [3.63, 3.8) is 0 Å². The first-order valence-electron chi connectivity index (χ1n) is 17.9. The summed E-state index contributed by atoms with van der Waals surface area (Å²) in [5.41, 5.74) is 3.46. The van der Waals surface area contributed by atoms with Crippen molar-refractivity contribution in [2.75, 3.05) is 14.2 Å². The summed E-state index contributed by atoms with van der Waals surface area (Å²) >= 11 is -1.96. The van der Waals surface area contributed by atoms with Gasteiger partial charge in [0.05, 0.1) is 30.5 Å². The molecule has 45 heavy (non-hydrogen) atoms. The summed E-state index contributed by atoms with van der Waals surface area (Å²) in [5.74, 6) is 2.99. The number of hydrogen-bond acceptors (Lipinski definition) is 6. The minimum atomic E-state index is -1.96. The molecule has 0 spiro atoms. The van der Waals surface area contributed by atoms with Crippen molar-refractivity contribution in [1.82, 2.24) is 0 Å². The molecule has 2 saturated heterocycles. The number of aliphatic hydroxyl groups excluding tert-OH is 1. The molecule has 2 heterocycles. The van der Waals surface area contributed by atoms with Crippen LogP contribution in [0.3, 0.4) is 0 Å². The topological polar surface area (TPSA) is 80.8 Å². The van der Waals surface area contributed by atoms with Gasteiger partial charge in [0, 0.05) is 32.0 Å². The average Bonchev–Trinajstić information content (AvgIpc) is 4.00. The van der Waals surface area contributed by atoms with Gasteiger partial charge in [-0.3, -0.25) is 0 Å². The van der Waals surface area contributed by atoms with Gasteiger partial charge in [0.2, 0.25) is 0 Å². The Hall–Kier alpha value is -0.651. The van der Waals surface area contributed by atoms with Gasteiger partial charge < -0.3 is 28.8 Å². The van der Waals surface area contributed by atoms with Crippen LogP contribution in [0.4, 0.5) is 0 Å². The van der Waals surface area contributed by atoms with E-state index in [2.05, 4.69) is 77.2 Å². The van der Waals surface area contributed by atoms with Crippen LogP contribution in [0.25, 0.3) is 0 Å². The van der Waals surface area contributed by atoms with E-state index < -0.39 is 24.5 Å². The maximum atomic E-state index is 10.3. The monoisotopic (exact) mass is 742 g/mol. The molecule has 2 fully saturated rings.